The molecule has 0 aromatic carbocycles. The van der Waals surface area contributed by atoms with Crippen LogP contribution in [-0.2, 0) is 6.42 Å². The molecule has 2 rings (SSSR count). The SMILES string of the molecule is CCCc1c(Cl)[nH]c(=O)n(C(C)c2cccs2)c1=O. The molecule has 0 aliphatic carbocycles. The zero-order chi connectivity index (χ0) is 14.0. The molecule has 4 nitrogen and oxygen atoms in total. The highest BCUT2D eigenvalue weighted by atomic mass is 35.5. The second-order valence-electron chi connectivity index (χ2n) is 4.34. The first-order valence-corrected chi connectivity index (χ1v) is 7.38. The van der Waals surface area contributed by atoms with Crippen molar-refractivity contribution in [2.24, 2.45) is 0 Å². The molecule has 0 bridgehead atoms. The van der Waals surface area contributed by atoms with Gasteiger partial charge in [-0.2, -0.15) is 0 Å². The van der Waals surface area contributed by atoms with Crippen molar-refractivity contribution in [1.29, 1.82) is 0 Å². The number of H-pyrrole nitrogens is 1. The lowest BCUT2D eigenvalue weighted by Crippen LogP contribution is -2.39. The van der Waals surface area contributed by atoms with E-state index in [1.54, 1.807) is 0 Å². The maximum absolute atomic E-state index is 12.4. The first-order valence-electron chi connectivity index (χ1n) is 6.12. The molecule has 0 amide bonds. The lowest BCUT2D eigenvalue weighted by Gasteiger charge is -2.14. The van der Waals surface area contributed by atoms with Gasteiger partial charge in [0, 0.05) is 4.88 Å². The second-order valence-corrected chi connectivity index (χ2v) is 5.70. The molecular formula is C13H15ClN2O2S. The number of halogens is 1. The first-order chi connectivity index (χ1) is 9.06. The molecule has 0 saturated carbocycles. The van der Waals surface area contributed by atoms with Gasteiger partial charge in [0.05, 0.1) is 11.6 Å². The highest BCUT2D eigenvalue weighted by Gasteiger charge is 2.18. The van der Waals surface area contributed by atoms with Gasteiger partial charge >= 0.3 is 5.69 Å². The predicted molar refractivity (Wildman–Crippen MR) is 78.5 cm³/mol. The molecule has 0 spiro atoms. The van der Waals surface area contributed by atoms with E-state index in [0.29, 0.717) is 12.0 Å². The number of aromatic amines is 1. The number of hydrogen-bond acceptors (Lipinski definition) is 3. The van der Waals surface area contributed by atoms with Crippen molar-refractivity contribution in [2.75, 3.05) is 0 Å². The van der Waals surface area contributed by atoms with Gasteiger partial charge in [-0.25, -0.2) is 4.79 Å². The van der Waals surface area contributed by atoms with Gasteiger partial charge in [-0.3, -0.25) is 14.3 Å². The minimum atomic E-state index is -0.462. The fourth-order valence-electron chi connectivity index (χ4n) is 2.04. The van der Waals surface area contributed by atoms with Crippen molar-refractivity contribution in [3.63, 3.8) is 0 Å². The molecule has 0 aliphatic heterocycles. The Kier molecular flexibility index (Phi) is 4.27. The Morgan fingerprint density at radius 1 is 1.47 bits per heavy atom. The van der Waals surface area contributed by atoms with Crippen LogP contribution >= 0.6 is 22.9 Å². The molecule has 0 saturated heterocycles. The zero-order valence-corrected chi connectivity index (χ0v) is 12.3. The smallest absolute Gasteiger partial charge is 0.297 e. The van der Waals surface area contributed by atoms with Crippen molar-refractivity contribution in [3.05, 3.63) is 53.9 Å². The monoisotopic (exact) mass is 298 g/mol. The van der Waals surface area contributed by atoms with Gasteiger partial charge in [0.15, 0.2) is 0 Å². The van der Waals surface area contributed by atoms with Crippen molar-refractivity contribution in [3.8, 4) is 0 Å². The van der Waals surface area contributed by atoms with Gasteiger partial charge in [-0.05, 0) is 24.8 Å². The summed E-state index contributed by atoms with van der Waals surface area (Å²) in [6.45, 7) is 3.81. The third kappa shape index (κ3) is 2.67. The van der Waals surface area contributed by atoms with Crippen LogP contribution in [0.4, 0.5) is 0 Å². The third-order valence-corrected chi connectivity index (χ3v) is 4.38. The van der Waals surface area contributed by atoms with E-state index in [-0.39, 0.29) is 16.8 Å². The molecule has 0 radical (unpaired) electrons. The van der Waals surface area contributed by atoms with Gasteiger partial charge in [-0.1, -0.05) is 31.0 Å². The highest BCUT2D eigenvalue weighted by molar-refractivity contribution is 7.10. The Bertz CT molecular complexity index is 673. The van der Waals surface area contributed by atoms with Crippen LogP contribution in [0.2, 0.25) is 5.15 Å². The second kappa shape index (κ2) is 5.75. The average molecular weight is 299 g/mol. The summed E-state index contributed by atoms with van der Waals surface area (Å²) in [4.78, 5) is 27.9. The number of rotatable bonds is 4. The number of hydrogen-bond donors (Lipinski definition) is 1. The van der Waals surface area contributed by atoms with Gasteiger partial charge in [0.25, 0.3) is 5.56 Å². The standard InChI is InChI=1S/C13H15ClN2O2S/c1-3-5-9-11(14)15-13(18)16(12(9)17)8(2)10-6-4-7-19-10/h4,6-8H,3,5H2,1-2H3,(H,15,18). The minimum absolute atomic E-state index is 0.159. The van der Waals surface area contributed by atoms with E-state index >= 15 is 0 Å². The lowest BCUT2D eigenvalue weighted by atomic mass is 10.2. The van der Waals surface area contributed by atoms with Crippen molar-refractivity contribution in [1.82, 2.24) is 9.55 Å². The van der Waals surface area contributed by atoms with Crippen molar-refractivity contribution >= 4 is 22.9 Å². The topological polar surface area (TPSA) is 54.9 Å². The summed E-state index contributed by atoms with van der Waals surface area (Å²) in [5.41, 5.74) is -0.278. The maximum atomic E-state index is 12.4. The molecule has 0 fully saturated rings. The van der Waals surface area contributed by atoms with E-state index in [2.05, 4.69) is 4.98 Å². The number of nitrogens with one attached hydrogen (secondary N) is 1. The number of thiophene rings is 1. The van der Waals surface area contributed by atoms with Crippen LogP contribution in [0.3, 0.4) is 0 Å². The van der Waals surface area contributed by atoms with Crippen molar-refractivity contribution in [2.45, 2.75) is 32.7 Å². The molecular weight excluding hydrogens is 284 g/mol. The van der Waals surface area contributed by atoms with Crippen LogP contribution < -0.4 is 11.2 Å². The normalized spacial score (nSPS) is 12.6. The minimum Gasteiger partial charge on any atom is -0.297 e. The van der Waals surface area contributed by atoms with Gasteiger partial charge in [-0.15, -0.1) is 11.3 Å². The fourth-order valence-corrected chi connectivity index (χ4v) is 3.07. The summed E-state index contributed by atoms with van der Waals surface area (Å²) in [5.74, 6) is 0. The van der Waals surface area contributed by atoms with Gasteiger partial charge < -0.3 is 0 Å². The Labute approximate surface area is 119 Å². The lowest BCUT2D eigenvalue weighted by molar-refractivity contribution is 0.578. The van der Waals surface area contributed by atoms with Crippen LogP contribution in [0.15, 0.2) is 27.1 Å². The zero-order valence-electron chi connectivity index (χ0n) is 10.8. The molecule has 19 heavy (non-hydrogen) atoms. The molecule has 102 valence electrons. The van der Waals surface area contributed by atoms with E-state index in [0.717, 1.165) is 11.3 Å². The van der Waals surface area contributed by atoms with E-state index in [9.17, 15) is 9.59 Å². The molecule has 0 aliphatic rings. The van der Waals surface area contributed by atoms with E-state index in [1.165, 1.54) is 15.9 Å². The van der Waals surface area contributed by atoms with Crippen LogP contribution in [0.5, 0.6) is 0 Å². The number of aromatic nitrogens is 2. The summed E-state index contributed by atoms with van der Waals surface area (Å²) in [6, 6.07) is 3.53. The van der Waals surface area contributed by atoms with Gasteiger partial charge in [0.1, 0.15) is 5.15 Å². The maximum Gasteiger partial charge on any atom is 0.330 e. The number of nitrogens with zero attached hydrogens (tertiary/aromatic N) is 1. The predicted octanol–water partition coefficient (Wildman–Crippen LogP) is 2.81. The van der Waals surface area contributed by atoms with E-state index < -0.39 is 5.69 Å². The Hall–Kier alpha value is -1.33. The Balaban J connectivity index is 2.61. The molecule has 2 aromatic rings. The summed E-state index contributed by atoms with van der Waals surface area (Å²) < 4.78 is 1.24. The van der Waals surface area contributed by atoms with Gasteiger partial charge in [0.2, 0.25) is 0 Å². The molecule has 2 aromatic heterocycles. The average Bonchev–Trinajstić information content (AvgIpc) is 2.87. The fraction of sp³-hybridized carbons (Fsp3) is 0.385. The summed E-state index contributed by atoms with van der Waals surface area (Å²) in [7, 11) is 0. The van der Waals surface area contributed by atoms with Crippen LogP contribution in [-0.4, -0.2) is 9.55 Å². The largest absolute Gasteiger partial charge is 0.330 e. The molecule has 1 N–H and O–H groups in total. The van der Waals surface area contributed by atoms with Crippen LogP contribution in [0, 0.1) is 0 Å². The molecule has 6 heteroatoms. The third-order valence-electron chi connectivity index (χ3n) is 3.02. The molecule has 2 heterocycles. The highest BCUT2D eigenvalue weighted by Crippen LogP contribution is 2.20. The van der Waals surface area contributed by atoms with E-state index in [4.69, 9.17) is 11.6 Å². The summed E-state index contributed by atoms with van der Waals surface area (Å²) >= 11 is 7.47. The Morgan fingerprint density at radius 2 is 2.21 bits per heavy atom. The quantitative estimate of drug-likeness (QED) is 0.883. The Morgan fingerprint density at radius 3 is 2.79 bits per heavy atom. The van der Waals surface area contributed by atoms with Crippen LogP contribution in [0.1, 0.15) is 36.8 Å². The van der Waals surface area contributed by atoms with E-state index in [1.807, 2.05) is 31.4 Å². The summed E-state index contributed by atoms with van der Waals surface area (Å²) in [6.07, 6.45) is 1.36. The van der Waals surface area contributed by atoms with Crippen molar-refractivity contribution < 1.29 is 0 Å². The van der Waals surface area contributed by atoms with Crippen LogP contribution in [0.25, 0.3) is 0 Å². The first kappa shape index (κ1) is 14.1. The molecule has 1 atom stereocenters. The summed E-state index contributed by atoms with van der Waals surface area (Å²) in [5, 5.41) is 2.08. The molecule has 1 unspecified atom stereocenters.